The van der Waals surface area contributed by atoms with Crippen molar-refractivity contribution in [3.63, 3.8) is 0 Å². The van der Waals surface area contributed by atoms with E-state index in [-0.39, 0.29) is 6.61 Å². The molecule has 0 aliphatic rings. The molecule has 0 atom stereocenters. The summed E-state index contributed by atoms with van der Waals surface area (Å²) in [6.45, 7) is 1.54. The van der Waals surface area contributed by atoms with E-state index in [1.54, 1.807) is 43.6 Å². The fraction of sp³-hybridized carbons (Fsp3) is 0.133. The monoisotopic (exact) mass is 348 g/mol. The summed E-state index contributed by atoms with van der Waals surface area (Å²) in [7, 11) is 0. The Morgan fingerprint density at radius 3 is 2.76 bits per heavy atom. The molecule has 6 heteroatoms. The van der Waals surface area contributed by atoms with Gasteiger partial charge in [0.1, 0.15) is 5.75 Å². The van der Waals surface area contributed by atoms with Crippen molar-refractivity contribution < 1.29 is 14.4 Å². The second-order valence-electron chi connectivity index (χ2n) is 4.12. The number of benzene rings is 1. The first kappa shape index (κ1) is 15.2. The van der Waals surface area contributed by atoms with Crippen LogP contribution in [0.4, 0.5) is 0 Å². The van der Waals surface area contributed by atoms with Crippen molar-refractivity contribution in [1.29, 1.82) is 0 Å². The zero-order valence-electron chi connectivity index (χ0n) is 11.3. The van der Waals surface area contributed by atoms with Gasteiger partial charge in [-0.25, -0.2) is 4.79 Å². The zero-order valence-corrected chi connectivity index (χ0v) is 12.9. The maximum absolute atomic E-state index is 11.6. The van der Waals surface area contributed by atoms with E-state index in [1.165, 1.54) is 0 Å². The van der Waals surface area contributed by atoms with Gasteiger partial charge in [0.2, 0.25) is 0 Å². The van der Waals surface area contributed by atoms with E-state index in [0.29, 0.717) is 11.5 Å². The number of ether oxygens (including phenoxy) is 1. The SMILES string of the molecule is C/C(=N/OC(=O)COc1cccc(Br)c1)c1ccncc1. The summed E-state index contributed by atoms with van der Waals surface area (Å²) in [5.41, 5.74) is 1.43. The summed E-state index contributed by atoms with van der Waals surface area (Å²) < 4.78 is 6.18. The van der Waals surface area contributed by atoms with Crippen molar-refractivity contribution in [2.24, 2.45) is 5.16 Å². The smallest absolute Gasteiger partial charge is 0.372 e. The molecule has 1 aromatic heterocycles. The molecule has 5 nitrogen and oxygen atoms in total. The lowest BCUT2D eigenvalue weighted by molar-refractivity contribution is -0.146. The minimum absolute atomic E-state index is 0.205. The molecule has 0 spiro atoms. The number of nitrogens with zero attached hydrogens (tertiary/aromatic N) is 2. The van der Waals surface area contributed by atoms with Crippen LogP contribution < -0.4 is 4.74 Å². The van der Waals surface area contributed by atoms with E-state index in [2.05, 4.69) is 26.1 Å². The summed E-state index contributed by atoms with van der Waals surface area (Å²) in [5.74, 6) is 0.0135. The Morgan fingerprint density at radius 2 is 2.05 bits per heavy atom. The number of hydrogen-bond donors (Lipinski definition) is 0. The number of hydrogen-bond acceptors (Lipinski definition) is 5. The van der Waals surface area contributed by atoms with Gasteiger partial charge in [0, 0.05) is 22.4 Å². The van der Waals surface area contributed by atoms with Crippen molar-refractivity contribution >= 4 is 27.6 Å². The van der Waals surface area contributed by atoms with Crippen LogP contribution in [-0.2, 0) is 9.63 Å². The second kappa shape index (κ2) is 7.54. The molecule has 2 rings (SSSR count). The summed E-state index contributed by atoms with van der Waals surface area (Å²) in [4.78, 5) is 20.3. The summed E-state index contributed by atoms with van der Waals surface area (Å²) in [6.07, 6.45) is 3.29. The Balaban J connectivity index is 1.85. The van der Waals surface area contributed by atoms with Crippen LogP contribution >= 0.6 is 15.9 Å². The van der Waals surface area contributed by atoms with Crippen molar-refractivity contribution in [3.8, 4) is 5.75 Å². The Bertz CT molecular complexity index is 644. The van der Waals surface area contributed by atoms with Gasteiger partial charge in [-0.3, -0.25) is 4.98 Å². The standard InChI is InChI=1S/C15H13BrN2O3/c1-11(12-5-7-17-8-6-12)18-21-15(19)10-20-14-4-2-3-13(16)9-14/h2-9H,10H2,1H3/b18-11-. The number of carbonyl (C=O) groups is 1. The molecule has 0 amide bonds. The van der Waals surface area contributed by atoms with E-state index >= 15 is 0 Å². The molecular formula is C15H13BrN2O3. The fourth-order valence-electron chi connectivity index (χ4n) is 1.49. The molecule has 21 heavy (non-hydrogen) atoms. The largest absolute Gasteiger partial charge is 0.482 e. The number of carbonyl (C=O) groups excluding carboxylic acids is 1. The van der Waals surface area contributed by atoms with Crippen LogP contribution in [0.15, 0.2) is 58.4 Å². The highest BCUT2D eigenvalue weighted by molar-refractivity contribution is 9.10. The molecule has 0 radical (unpaired) electrons. The van der Waals surface area contributed by atoms with E-state index in [0.717, 1.165) is 10.0 Å². The third-order valence-electron chi connectivity index (χ3n) is 2.54. The second-order valence-corrected chi connectivity index (χ2v) is 5.04. The van der Waals surface area contributed by atoms with Crippen LogP contribution in [0.1, 0.15) is 12.5 Å². The molecule has 0 unspecified atom stereocenters. The van der Waals surface area contributed by atoms with Crippen LogP contribution in [-0.4, -0.2) is 23.3 Å². The lowest BCUT2D eigenvalue weighted by Gasteiger charge is -2.04. The third-order valence-corrected chi connectivity index (χ3v) is 3.03. The Hall–Kier alpha value is -2.21. The maximum atomic E-state index is 11.6. The first-order valence-corrected chi connectivity index (χ1v) is 6.97. The predicted molar refractivity (Wildman–Crippen MR) is 82.2 cm³/mol. The van der Waals surface area contributed by atoms with Gasteiger partial charge in [0.05, 0.1) is 5.71 Å². The molecule has 108 valence electrons. The maximum Gasteiger partial charge on any atom is 0.372 e. The summed E-state index contributed by atoms with van der Waals surface area (Å²) >= 11 is 3.32. The molecule has 1 heterocycles. The number of halogens is 1. The molecule has 0 N–H and O–H groups in total. The Morgan fingerprint density at radius 1 is 1.29 bits per heavy atom. The molecule has 2 aromatic rings. The first-order valence-electron chi connectivity index (χ1n) is 6.18. The quantitative estimate of drug-likeness (QED) is 0.473. The molecule has 0 aliphatic heterocycles. The molecule has 0 saturated heterocycles. The van der Waals surface area contributed by atoms with Gasteiger partial charge in [0.25, 0.3) is 0 Å². The average Bonchev–Trinajstić information content (AvgIpc) is 2.51. The Kier molecular flexibility index (Phi) is 5.45. The first-order chi connectivity index (χ1) is 10.1. The highest BCUT2D eigenvalue weighted by Crippen LogP contribution is 2.17. The lowest BCUT2D eigenvalue weighted by Crippen LogP contribution is -2.13. The van der Waals surface area contributed by atoms with E-state index in [1.807, 2.05) is 12.1 Å². The van der Waals surface area contributed by atoms with Crippen LogP contribution in [0, 0.1) is 0 Å². The van der Waals surface area contributed by atoms with E-state index in [9.17, 15) is 4.79 Å². The predicted octanol–water partition coefficient (Wildman–Crippen LogP) is 3.19. The van der Waals surface area contributed by atoms with Gasteiger partial charge >= 0.3 is 5.97 Å². The summed E-state index contributed by atoms with van der Waals surface area (Å²) in [6, 6.07) is 10.8. The van der Waals surface area contributed by atoms with E-state index < -0.39 is 5.97 Å². The number of rotatable bonds is 5. The number of oxime groups is 1. The minimum Gasteiger partial charge on any atom is -0.482 e. The average molecular weight is 349 g/mol. The zero-order chi connectivity index (χ0) is 15.1. The van der Waals surface area contributed by atoms with Crippen LogP contribution in [0.2, 0.25) is 0 Å². The highest BCUT2D eigenvalue weighted by Gasteiger charge is 2.05. The van der Waals surface area contributed by atoms with E-state index in [4.69, 9.17) is 9.57 Å². The molecule has 0 saturated carbocycles. The topological polar surface area (TPSA) is 60.8 Å². The fourth-order valence-corrected chi connectivity index (χ4v) is 1.87. The van der Waals surface area contributed by atoms with Gasteiger partial charge in [-0.2, -0.15) is 0 Å². The van der Waals surface area contributed by atoms with Gasteiger partial charge in [-0.15, -0.1) is 0 Å². The molecule has 0 bridgehead atoms. The van der Waals surface area contributed by atoms with Gasteiger partial charge < -0.3 is 9.57 Å². The molecule has 0 fully saturated rings. The third kappa shape index (κ3) is 5.00. The van der Waals surface area contributed by atoms with Crippen LogP contribution in [0.5, 0.6) is 5.75 Å². The molecular weight excluding hydrogens is 336 g/mol. The van der Waals surface area contributed by atoms with Crippen molar-refractivity contribution in [2.45, 2.75) is 6.92 Å². The molecule has 1 aromatic carbocycles. The van der Waals surface area contributed by atoms with Gasteiger partial charge in [-0.05, 0) is 37.3 Å². The lowest BCUT2D eigenvalue weighted by atomic mass is 10.2. The number of aromatic nitrogens is 1. The molecule has 0 aliphatic carbocycles. The van der Waals surface area contributed by atoms with Crippen molar-refractivity contribution in [2.75, 3.05) is 6.61 Å². The summed E-state index contributed by atoms with van der Waals surface area (Å²) in [5, 5.41) is 3.77. The minimum atomic E-state index is -0.566. The van der Waals surface area contributed by atoms with Gasteiger partial charge in [-0.1, -0.05) is 27.2 Å². The van der Waals surface area contributed by atoms with Crippen molar-refractivity contribution in [3.05, 3.63) is 58.8 Å². The Labute approximate surface area is 130 Å². The number of pyridine rings is 1. The van der Waals surface area contributed by atoms with Crippen molar-refractivity contribution in [1.82, 2.24) is 4.98 Å². The van der Waals surface area contributed by atoms with Gasteiger partial charge in [0.15, 0.2) is 6.61 Å². The highest BCUT2D eigenvalue weighted by atomic mass is 79.9. The van der Waals surface area contributed by atoms with Crippen LogP contribution in [0.3, 0.4) is 0 Å². The van der Waals surface area contributed by atoms with Crippen LogP contribution in [0.25, 0.3) is 0 Å². The normalized spacial score (nSPS) is 11.0.